The number of halogens is 1. The lowest BCUT2D eigenvalue weighted by Crippen LogP contribution is -1.90. The fraction of sp³-hybridized carbons (Fsp3) is 0. The van der Waals surface area contributed by atoms with Crippen LogP contribution in [0.4, 0.5) is 0 Å². The maximum Gasteiger partial charge on any atom is 0.162 e. The van der Waals surface area contributed by atoms with E-state index in [1.54, 1.807) is 46.9 Å². The molecular formula is C16H9ClN2OS2. The van der Waals surface area contributed by atoms with Gasteiger partial charge in [0.15, 0.2) is 5.82 Å². The predicted molar refractivity (Wildman–Crippen MR) is 92.8 cm³/mol. The molecule has 0 aliphatic heterocycles. The van der Waals surface area contributed by atoms with Crippen LogP contribution in [0.1, 0.15) is 0 Å². The molecule has 0 saturated heterocycles. The number of phenols is 1. The van der Waals surface area contributed by atoms with E-state index < -0.39 is 0 Å². The smallest absolute Gasteiger partial charge is 0.162 e. The van der Waals surface area contributed by atoms with Crippen molar-refractivity contribution in [1.82, 2.24) is 9.97 Å². The van der Waals surface area contributed by atoms with E-state index in [4.69, 9.17) is 11.6 Å². The Hall–Kier alpha value is -1.95. The van der Waals surface area contributed by atoms with Crippen molar-refractivity contribution in [3.8, 4) is 27.6 Å². The van der Waals surface area contributed by atoms with Crippen LogP contribution in [0.2, 0.25) is 5.15 Å². The quantitative estimate of drug-likeness (QED) is 0.492. The van der Waals surface area contributed by atoms with Gasteiger partial charge in [0.25, 0.3) is 0 Å². The number of hydrogen-bond acceptors (Lipinski definition) is 5. The number of aromatic nitrogens is 2. The molecule has 0 radical (unpaired) electrons. The molecule has 108 valence electrons. The molecule has 0 unspecified atom stereocenters. The molecule has 0 aliphatic rings. The second-order valence-corrected chi connectivity index (χ2v) is 6.86. The Morgan fingerprint density at radius 2 is 1.82 bits per heavy atom. The Balaban J connectivity index is 1.90. The lowest BCUT2D eigenvalue weighted by atomic mass is 10.2. The van der Waals surface area contributed by atoms with Crippen LogP contribution in [-0.2, 0) is 0 Å². The van der Waals surface area contributed by atoms with Crippen molar-refractivity contribution < 1.29 is 5.11 Å². The van der Waals surface area contributed by atoms with E-state index in [1.165, 1.54) is 0 Å². The van der Waals surface area contributed by atoms with Crippen LogP contribution in [0.25, 0.3) is 32.0 Å². The summed E-state index contributed by atoms with van der Waals surface area (Å²) in [5.74, 6) is 0.782. The van der Waals surface area contributed by atoms with E-state index in [9.17, 15) is 5.11 Å². The van der Waals surface area contributed by atoms with Gasteiger partial charge in [0.05, 0.1) is 5.39 Å². The molecule has 1 aromatic carbocycles. The first-order valence-corrected chi connectivity index (χ1v) is 8.64. The Kier molecular flexibility index (Phi) is 3.33. The maximum atomic E-state index is 9.38. The molecule has 1 N–H and O–H groups in total. The normalized spacial score (nSPS) is 11.1. The molecule has 3 aromatic heterocycles. The average molecular weight is 345 g/mol. The minimum atomic E-state index is 0.215. The largest absolute Gasteiger partial charge is 0.508 e. The molecule has 0 amide bonds. The van der Waals surface area contributed by atoms with Crippen molar-refractivity contribution in [2.24, 2.45) is 0 Å². The van der Waals surface area contributed by atoms with Crippen molar-refractivity contribution in [1.29, 1.82) is 0 Å². The van der Waals surface area contributed by atoms with Crippen LogP contribution in [0.3, 0.4) is 0 Å². The number of benzene rings is 1. The second kappa shape index (κ2) is 5.35. The van der Waals surface area contributed by atoms with E-state index in [2.05, 4.69) is 21.4 Å². The molecule has 0 saturated carbocycles. The number of hydrogen-bond donors (Lipinski definition) is 1. The van der Waals surface area contributed by atoms with Gasteiger partial charge < -0.3 is 5.11 Å². The molecular weight excluding hydrogens is 336 g/mol. The summed E-state index contributed by atoms with van der Waals surface area (Å²) in [5, 5.41) is 14.8. The SMILES string of the molecule is Oc1ccc(-c2nc(Cl)c3c(-c4cccs4)csc3n2)cc1. The zero-order chi connectivity index (χ0) is 15.1. The van der Waals surface area contributed by atoms with Crippen molar-refractivity contribution in [3.05, 3.63) is 52.3 Å². The van der Waals surface area contributed by atoms with Gasteiger partial charge in [-0.25, -0.2) is 9.97 Å². The third-order valence-corrected chi connectivity index (χ3v) is 5.35. The van der Waals surface area contributed by atoms with Gasteiger partial charge in [-0.2, -0.15) is 0 Å². The van der Waals surface area contributed by atoms with Crippen LogP contribution < -0.4 is 0 Å². The van der Waals surface area contributed by atoms with Crippen molar-refractivity contribution >= 4 is 44.5 Å². The molecule has 0 spiro atoms. The number of nitrogens with zero attached hydrogens (tertiary/aromatic N) is 2. The number of aromatic hydroxyl groups is 1. The lowest BCUT2D eigenvalue weighted by Gasteiger charge is -2.03. The minimum Gasteiger partial charge on any atom is -0.508 e. The van der Waals surface area contributed by atoms with E-state index in [1.807, 2.05) is 11.4 Å². The summed E-state index contributed by atoms with van der Waals surface area (Å²) >= 11 is 9.65. The fourth-order valence-corrected chi connectivity index (χ4v) is 4.34. The first-order chi connectivity index (χ1) is 10.7. The molecule has 0 aliphatic carbocycles. The van der Waals surface area contributed by atoms with Crippen molar-refractivity contribution in [2.75, 3.05) is 0 Å². The van der Waals surface area contributed by atoms with Crippen LogP contribution in [-0.4, -0.2) is 15.1 Å². The summed E-state index contributed by atoms with van der Waals surface area (Å²) in [4.78, 5) is 11.1. The van der Waals surface area contributed by atoms with E-state index in [0.717, 1.165) is 26.2 Å². The Labute approximate surface area is 139 Å². The minimum absolute atomic E-state index is 0.215. The Morgan fingerprint density at radius 3 is 2.55 bits per heavy atom. The van der Waals surface area contributed by atoms with Crippen LogP contribution in [0.15, 0.2) is 47.2 Å². The van der Waals surface area contributed by atoms with E-state index in [-0.39, 0.29) is 5.75 Å². The molecule has 4 rings (SSSR count). The molecule has 6 heteroatoms. The standard InChI is InChI=1S/C16H9ClN2OS2/c17-14-13-11(12-2-1-7-21-12)8-22-16(13)19-15(18-14)9-3-5-10(20)6-4-9/h1-8,20H. The molecule has 22 heavy (non-hydrogen) atoms. The van der Waals surface area contributed by atoms with Gasteiger partial charge in [-0.3, -0.25) is 0 Å². The number of thiophene rings is 2. The third-order valence-electron chi connectivity index (χ3n) is 3.30. The van der Waals surface area contributed by atoms with Gasteiger partial charge in [-0.05, 0) is 35.7 Å². The highest BCUT2D eigenvalue weighted by atomic mass is 35.5. The van der Waals surface area contributed by atoms with Crippen LogP contribution in [0.5, 0.6) is 5.75 Å². The summed E-state index contributed by atoms with van der Waals surface area (Å²) in [7, 11) is 0. The Bertz CT molecular complexity index is 946. The predicted octanol–water partition coefficient (Wildman–Crippen LogP) is 5.45. The molecule has 4 aromatic rings. The summed E-state index contributed by atoms with van der Waals surface area (Å²) in [6.07, 6.45) is 0. The van der Waals surface area contributed by atoms with Gasteiger partial charge in [0, 0.05) is 21.4 Å². The maximum absolute atomic E-state index is 9.38. The highest BCUT2D eigenvalue weighted by molar-refractivity contribution is 7.18. The second-order valence-electron chi connectivity index (χ2n) is 4.69. The molecule has 3 nitrogen and oxygen atoms in total. The Morgan fingerprint density at radius 1 is 1.00 bits per heavy atom. The summed E-state index contributed by atoms with van der Waals surface area (Å²) in [5.41, 5.74) is 1.91. The monoisotopic (exact) mass is 344 g/mol. The third kappa shape index (κ3) is 2.27. The highest BCUT2D eigenvalue weighted by Crippen LogP contribution is 2.39. The summed E-state index contributed by atoms with van der Waals surface area (Å²) in [6, 6.07) is 10.9. The van der Waals surface area contributed by atoms with Gasteiger partial charge in [-0.15, -0.1) is 22.7 Å². The van der Waals surface area contributed by atoms with E-state index in [0.29, 0.717) is 11.0 Å². The zero-order valence-corrected chi connectivity index (χ0v) is 13.5. The fourth-order valence-electron chi connectivity index (χ4n) is 2.25. The van der Waals surface area contributed by atoms with Gasteiger partial charge in [-0.1, -0.05) is 17.7 Å². The van der Waals surface area contributed by atoms with Crippen molar-refractivity contribution in [2.45, 2.75) is 0 Å². The molecule has 0 fully saturated rings. The average Bonchev–Trinajstić information content (AvgIpc) is 3.16. The zero-order valence-electron chi connectivity index (χ0n) is 11.2. The first-order valence-electron chi connectivity index (χ1n) is 6.50. The molecule has 0 atom stereocenters. The van der Waals surface area contributed by atoms with Gasteiger partial charge in [0.1, 0.15) is 15.7 Å². The lowest BCUT2D eigenvalue weighted by molar-refractivity contribution is 0.475. The molecule has 3 heterocycles. The number of fused-ring (bicyclic) bond motifs is 1. The summed E-state index contributed by atoms with van der Waals surface area (Å²) in [6.45, 7) is 0. The van der Waals surface area contributed by atoms with Crippen LogP contribution in [0, 0.1) is 0 Å². The van der Waals surface area contributed by atoms with Gasteiger partial charge in [0.2, 0.25) is 0 Å². The summed E-state index contributed by atoms with van der Waals surface area (Å²) < 4.78 is 0. The topological polar surface area (TPSA) is 46.0 Å². The number of phenolic OH excluding ortho intramolecular Hbond substituents is 1. The van der Waals surface area contributed by atoms with Crippen molar-refractivity contribution in [3.63, 3.8) is 0 Å². The first kappa shape index (κ1) is 13.7. The van der Waals surface area contributed by atoms with Crippen LogP contribution >= 0.6 is 34.3 Å². The highest BCUT2D eigenvalue weighted by Gasteiger charge is 2.15. The van der Waals surface area contributed by atoms with Gasteiger partial charge >= 0.3 is 0 Å². The molecule has 0 bridgehead atoms. The number of rotatable bonds is 2. The van der Waals surface area contributed by atoms with E-state index >= 15 is 0 Å².